The van der Waals surface area contributed by atoms with Crippen LogP contribution in [-0.4, -0.2) is 31.5 Å². The van der Waals surface area contributed by atoms with Crippen LogP contribution in [0.3, 0.4) is 0 Å². The third-order valence-corrected chi connectivity index (χ3v) is 3.23. The maximum Gasteiger partial charge on any atom is 0.241 e. The fourth-order valence-electron chi connectivity index (χ4n) is 2.14. The number of carbonyl (C=O) groups excluding carboxylic acids is 2. The van der Waals surface area contributed by atoms with E-state index in [0.717, 1.165) is 12.1 Å². The molecule has 0 spiro atoms. The molecule has 1 aromatic rings. The number of hydrogen-bond donors (Lipinski definition) is 2. The summed E-state index contributed by atoms with van der Waals surface area (Å²) in [5, 5.41) is 2.70. The monoisotopic (exact) mass is 277 g/mol. The molecule has 0 bridgehead atoms. The van der Waals surface area contributed by atoms with E-state index in [1.807, 2.05) is 0 Å². The molecule has 20 heavy (non-hydrogen) atoms. The molecule has 6 nitrogen and oxygen atoms in total. The summed E-state index contributed by atoms with van der Waals surface area (Å²) in [6.45, 7) is 2.31. The van der Waals surface area contributed by atoms with Crippen LogP contribution in [0.25, 0.3) is 0 Å². The van der Waals surface area contributed by atoms with Gasteiger partial charge >= 0.3 is 0 Å². The van der Waals surface area contributed by atoms with Crippen molar-refractivity contribution in [2.24, 2.45) is 5.73 Å². The molecule has 1 aromatic carbocycles. The Hall–Kier alpha value is -2.08. The van der Waals surface area contributed by atoms with Crippen molar-refractivity contribution in [2.45, 2.75) is 25.8 Å². The SMILES string of the molecule is COc1cc(NC(=O)[C@H](C)N)ccc1N1CCCC1=O. The van der Waals surface area contributed by atoms with Crippen LogP contribution in [0, 0.1) is 0 Å². The van der Waals surface area contributed by atoms with Gasteiger partial charge in [0.05, 0.1) is 18.8 Å². The maximum absolute atomic E-state index is 11.8. The topological polar surface area (TPSA) is 84.7 Å². The fourth-order valence-corrected chi connectivity index (χ4v) is 2.14. The molecule has 2 amide bonds. The maximum atomic E-state index is 11.8. The Morgan fingerprint density at radius 1 is 1.50 bits per heavy atom. The van der Waals surface area contributed by atoms with Crippen molar-refractivity contribution < 1.29 is 14.3 Å². The number of benzene rings is 1. The van der Waals surface area contributed by atoms with Gasteiger partial charge < -0.3 is 20.7 Å². The Labute approximate surface area is 117 Å². The quantitative estimate of drug-likeness (QED) is 0.863. The van der Waals surface area contributed by atoms with E-state index in [9.17, 15) is 9.59 Å². The average Bonchev–Trinajstić information content (AvgIpc) is 2.84. The lowest BCUT2D eigenvalue weighted by molar-refractivity contribution is -0.117. The molecule has 6 heteroatoms. The first-order valence-electron chi connectivity index (χ1n) is 6.58. The minimum absolute atomic E-state index is 0.0932. The number of nitrogens with one attached hydrogen (secondary N) is 1. The third kappa shape index (κ3) is 2.91. The molecule has 1 heterocycles. The number of carbonyl (C=O) groups is 2. The number of anilines is 2. The molecule has 1 atom stereocenters. The van der Waals surface area contributed by atoms with Gasteiger partial charge in [-0.1, -0.05) is 0 Å². The van der Waals surface area contributed by atoms with Crippen LogP contribution < -0.4 is 20.7 Å². The van der Waals surface area contributed by atoms with Crippen molar-refractivity contribution in [3.8, 4) is 5.75 Å². The van der Waals surface area contributed by atoms with Gasteiger partial charge in [0.15, 0.2) is 0 Å². The summed E-state index contributed by atoms with van der Waals surface area (Å²) < 4.78 is 5.31. The second-order valence-electron chi connectivity index (χ2n) is 4.81. The number of nitrogens with zero attached hydrogens (tertiary/aromatic N) is 1. The molecule has 1 fully saturated rings. The molecule has 0 radical (unpaired) electrons. The Kier molecular flexibility index (Phi) is 4.24. The van der Waals surface area contributed by atoms with Gasteiger partial charge in [-0.25, -0.2) is 0 Å². The van der Waals surface area contributed by atoms with Gasteiger partial charge in [0.25, 0.3) is 0 Å². The summed E-state index contributed by atoms with van der Waals surface area (Å²) in [6, 6.07) is 4.63. The van der Waals surface area contributed by atoms with Gasteiger partial charge in [0.1, 0.15) is 5.75 Å². The van der Waals surface area contributed by atoms with Crippen LogP contribution in [0.15, 0.2) is 18.2 Å². The van der Waals surface area contributed by atoms with Gasteiger partial charge in [0.2, 0.25) is 11.8 Å². The first kappa shape index (κ1) is 14.3. The predicted molar refractivity (Wildman–Crippen MR) is 76.9 cm³/mol. The molecule has 1 aliphatic heterocycles. The normalized spacial score (nSPS) is 16.1. The molecular weight excluding hydrogens is 258 g/mol. The zero-order valence-electron chi connectivity index (χ0n) is 11.7. The molecule has 1 aliphatic rings. The van der Waals surface area contributed by atoms with Gasteiger partial charge in [-0.05, 0) is 25.5 Å². The smallest absolute Gasteiger partial charge is 0.241 e. The standard InChI is InChI=1S/C14H19N3O3/c1-9(15)14(19)16-10-5-6-11(12(8-10)20-2)17-7-3-4-13(17)18/h5-6,8-9H,3-4,7,15H2,1-2H3,(H,16,19)/t9-/m0/s1. The number of ether oxygens (including phenoxy) is 1. The van der Waals surface area contributed by atoms with E-state index in [1.54, 1.807) is 30.0 Å². The summed E-state index contributed by atoms with van der Waals surface area (Å²) in [5.41, 5.74) is 6.83. The highest BCUT2D eigenvalue weighted by Crippen LogP contribution is 2.33. The Morgan fingerprint density at radius 3 is 2.80 bits per heavy atom. The van der Waals surface area contributed by atoms with Gasteiger partial charge in [-0.3, -0.25) is 9.59 Å². The van der Waals surface area contributed by atoms with Crippen molar-refractivity contribution in [3.63, 3.8) is 0 Å². The van der Waals surface area contributed by atoms with Gasteiger partial charge in [-0.15, -0.1) is 0 Å². The number of nitrogens with two attached hydrogens (primary N) is 1. The molecule has 3 N–H and O–H groups in total. The third-order valence-electron chi connectivity index (χ3n) is 3.23. The largest absolute Gasteiger partial charge is 0.494 e. The Balaban J connectivity index is 2.24. The van der Waals surface area contributed by atoms with Crippen LogP contribution in [0.1, 0.15) is 19.8 Å². The summed E-state index contributed by atoms with van der Waals surface area (Å²) >= 11 is 0. The first-order valence-corrected chi connectivity index (χ1v) is 6.58. The molecule has 0 unspecified atom stereocenters. The van der Waals surface area contributed by atoms with Crippen LogP contribution in [0.4, 0.5) is 11.4 Å². The lowest BCUT2D eigenvalue weighted by Gasteiger charge is -2.20. The fraction of sp³-hybridized carbons (Fsp3) is 0.429. The zero-order chi connectivity index (χ0) is 14.7. The first-order chi connectivity index (χ1) is 9.52. The van der Waals surface area contributed by atoms with Crippen molar-refractivity contribution in [3.05, 3.63) is 18.2 Å². The van der Waals surface area contributed by atoms with E-state index < -0.39 is 6.04 Å². The average molecular weight is 277 g/mol. The molecule has 2 rings (SSSR count). The summed E-state index contributed by atoms with van der Waals surface area (Å²) in [5.74, 6) is 0.385. The number of hydrogen-bond acceptors (Lipinski definition) is 4. The summed E-state index contributed by atoms with van der Waals surface area (Å²) in [6.07, 6.45) is 1.41. The molecule has 0 aliphatic carbocycles. The zero-order valence-corrected chi connectivity index (χ0v) is 11.7. The van der Waals surface area contributed by atoms with Gasteiger partial charge in [-0.2, -0.15) is 0 Å². The van der Waals surface area contributed by atoms with E-state index >= 15 is 0 Å². The minimum Gasteiger partial charge on any atom is -0.494 e. The Morgan fingerprint density at radius 2 is 2.25 bits per heavy atom. The Bertz CT molecular complexity index is 528. The molecule has 0 aromatic heterocycles. The van der Waals surface area contributed by atoms with Crippen LogP contribution in [0.2, 0.25) is 0 Å². The van der Waals surface area contributed by atoms with Crippen LogP contribution in [-0.2, 0) is 9.59 Å². The number of amides is 2. The molecule has 1 saturated heterocycles. The highest BCUT2D eigenvalue weighted by molar-refractivity contribution is 5.98. The van der Waals surface area contributed by atoms with Crippen molar-refractivity contribution in [1.82, 2.24) is 0 Å². The number of methoxy groups -OCH3 is 1. The second kappa shape index (κ2) is 5.92. The number of rotatable bonds is 4. The minimum atomic E-state index is -0.583. The molecule has 108 valence electrons. The molecular formula is C14H19N3O3. The lowest BCUT2D eigenvalue weighted by atomic mass is 10.2. The van der Waals surface area contributed by atoms with Gasteiger partial charge in [0, 0.05) is 24.7 Å². The van der Waals surface area contributed by atoms with Crippen LogP contribution in [0.5, 0.6) is 5.75 Å². The highest BCUT2D eigenvalue weighted by atomic mass is 16.5. The summed E-state index contributed by atoms with van der Waals surface area (Å²) in [4.78, 5) is 25.0. The van der Waals surface area contributed by atoms with Crippen LogP contribution >= 0.6 is 0 Å². The van der Waals surface area contributed by atoms with E-state index in [2.05, 4.69) is 5.32 Å². The predicted octanol–water partition coefficient (Wildman–Crippen LogP) is 1.11. The van der Waals surface area contributed by atoms with Crippen molar-refractivity contribution >= 4 is 23.2 Å². The van der Waals surface area contributed by atoms with Crippen molar-refractivity contribution in [2.75, 3.05) is 23.9 Å². The lowest BCUT2D eigenvalue weighted by Crippen LogP contribution is -2.32. The van der Waals surface area contributed by atoms with Crippen molar-refractivity contribution in [1.29, 1.82) is 0 Å². The van der Waals surface area contributed by atoms with E-state index in [1.165, 1.54) is 7.11 Å². The van der Waals surface area contributed by atoms with E-state index in [-0.39, 0.29) is 11.8 Å². The van der Waals surface area contributed by atoms with E-state index in [0.29, 0.717) is 24.4 Å². The molecule has 0 saturated carbocycles. The summed E-state index contributed by atoms with van der Waals surface area (Å²) in [7, 11) is 1.54. The highest BCUT2D eigenvalue weighted by Gasteiger charge is 2.24. The van der Waals surface area contributed by atoms with E-state index in [4.69, 9.17) is 10.5 Å². The second-order valence-corrected chi connectivity index (χ2v) is 4.81.